The molecule has 2 N–H and O–H groups in total. The van der Waals surface area contributed by atoms with Gasteiger partial charge in [-0.3, -0.25) is 0 Å². The van der Waals surface area contributed by atoms with Crippen LogP contribution in [0, 0.1) is 0 Å². The van der Waals surface area contributed by atoms with E-state index in [1.807, 2.05) is 6.07 Å². The molecule has 6 nitrogen and oxygen atoms in total. The van der Waals surface area contributed by atoms with E-state index in [0.29, 0.717) is 19.0 Å². The molecule has 0 saturated carbocycles. The van der Waals surface area contributed by atoms with Gasteiger partial charge in [0.15, 0.2) is 0 Å². The number of carbonyl (C=O) groups excluding carboxylic acids is 1. The minimum Gasteiger partial charge on any atom is -0.368 e. The van der Waals surface area contributed by atoms with Crippen LogP contribution in [0.1, 0.15) is 25.5 Å². The van der Waals surface area contributed by atoms with Crippen molar-refractivity contribution in [3.05, 3.63) is 18.1 Å². The molecule has 0 aliphatic carbocycles. The minimum atomic E-state index is -0.0950. The molecule has 1 heterocycles. The fourth-order valence-electron chi connectivity index (χ4n) is 1.30. The zero-order chi connectivity index (χ0) is 13.5. The SMILES string of the molecule is CC(C)c1cc(NCCNC(=O)N(C)C)ncn1. The molecule has 0 saturated heterocycles. The Bertz CT molecular complexity index is 392. The van der Waals surface area contributed by atoms with Gasteiger partial charge in [0.2, 0.25) is 0 Å². The molecular formula is C12H21N5O. The highest BCUT2D eigenvalue weighted by molar-refractivity contribution is 5.73. The smallest absolute Gasteiger partial charge is 0.316 e. The van der Waals surface area contributed by atoms with Gasteiger partial charge in [-0.25, -0.2) is 14.8 Å². The predicted molar refractivity (Wildman–Crippen MR) is 71.7 cm³/mol. The summed E-state index contributed by atoms with van der Waals surface area (Å²) in [6, 6.07) is 1.83. The second-order valence-corrected chi connectivity index (χ2v) is 4.54. The van der Waals surface area contributed by atoms with Gasteiger partial charge in [0, 0.05) is 38.9 Å². The molecule has 0 bridgehead atoms. The van der Waals surface area contributed by atoms with Gasteiger partial charge in [0.1, 0.15) is 12.1 Å². The monoisotopic (exact) mass is 251 g/mol. The lowest BCUT2D eigenvalue weighted by Gasteiger charge is -2.12. The zero-order valence-electron chi connectivity index (χ0n) is 11.4. The minimum absolute atomic E-state index is 0.0950. The molecule has 0 aliphatic heterocycles. The number of nitrogens with zero attached hydrogens (tertiary/aromatic N) is 3. The van der Waals surface area contributed by atoms with Gasteiger partial charge in [-0.1, -0.05) is 13.8 Å². The van der Waals surface area contributed by atoms with Crippen LogP contribution in [-0.2, 0) is 0 Å². The maximum Gasteiger partial charge on any atom is 0.316 e. The Hall–Kier alpha value is -1.85. The second kappa shape index (κ2) is 6.78. The Morgan fingerprint density at radius 2 is 2.06 bits per heavy atom. The van der Waals surface area contributed by atoms with Crippen LogP contribution in [0.5, 0.6) is 0 Å². The van der Waals surface area contributed by atoms with Gasteiger partial charge in [-0.15, -0.1) is 0 Å². The molecule has 100 valence electrons. The van der Waals surface area contributed by atoms with Gasteiger partial charge in [-0.2, -0.15) is 0 Å². The quantitative estimate of drug-likeness (QED) is 0.773. The Balaban J connectivity index is 2.35. The van der Waals surface area contributed by atoms with Gasteiger partial charge >= 0.3 is 6.03 Å². The molecule has 0 unspecified atom stereocenters. The maximum atomic E-state index is 11.3. The number of hydrogen-bond acceptors (Lipinski definition) is 4. The maximum absolute atomic E-state index is 11.3. The lowest BCUT2D eigenvalue weighted by molar-refractivity contribution is 0.218. The van der Waals surface area contributed by atoms with Crippen LogP contribution in [-0.4, -0.2) is 48.1 Å². The first kappa shape index (κ1) is 14.2. The fraction of sp³-hybridized carbons (Fsp3) is 0.583. The predicted octanol–water partition coefficient (Wildman–Crippen LogP) is 1.28. The van der Waals surface area contributed by atoms with E-state index in [1.165, 1.54) is 4.90 Å². The van der Waals surface area contributed by atoms with Crippen LogP contribution in [0.3, 0.4) is 0 Å². The van der Waals surface area contributed by atoms with Crippen LogP contribution in [0.4, 0.5) is 10.6 Å². The van der Waals surface area contributed by atoms with Crippen molar-refractivity contribution in [2.24, 2.45) is 0 Å². The Morgan fingerprint density at radius 3 is 2.67 bits per heavy atom. The highest BCUT2D eigenvalue weighted by atomic mass is 16.2. The number of rotatable bonds is 5. The molecule has 1 aromatic rings. The number of anilines is 1. The summed E-state index contributed by atoms with van der Waals surface area (Å²) in [6.45, 7) is 5.36. The molecule has 2 amide bonds. The van der Waals surface area contributed by atoms with Crippen LogP contribution >= 0.6 is 0 Å². The van der Waals surface area contributed by atoms with Crippen molar-refractivity contribution in [1.82, 2.24) is 20.2 Å². The standard InChI is InChI=1S/C12H21N5O/c1-9(2)10-7-11(16-8-15-10)13-5-6-14-12(18)17(3)4/h7-9H,5-6H2,1-4H3,(H,14,18)(H,13,15,16). The Kier molecular flexibility index (Phi) is 5.35. The third kappa shape index (κ3) is 4.57. The van der Waals surface area contributed by atoms with Gasteiger partial charge < -0.3 is 15.5 Å². The van der Waals surface area contributed by atoms with Crippen LogP contribution in [0.15, 0.2) is 12.4 Å². The van der Waals surface area contributed by atoms with Crippen LogP contribution in [0.25, 0.3) is 0 Å². The fourth-order valence-corrected chi connectivity index (χ4v) is 1.30. The summed E-state index contributed by atoms with van der Waals surface area (Å²) in [7, 11) is 3.42. The number of carbonyl (C=O) groups is 1. The summed E-state index contributed by atoms with van der Waals surface area (Å²) in [5.41, 5.74) is 1.00. The van der Waals surface area contributed by atoms with E-state index in [-0.39, 0.29) is 6.03 Å². The normalized spacial score (nSPS) is 10.3. The summed E-state index contributed by atoms with van der Waals surface area (Å²) < 4.78 is 0. The average Bonchev–Trinajstić information content (AvgIpc) is 2.34. The van der Waals surface area contributed by atoms with E-state index in [1.54, 1.807) is 20.4 Å². The lowest BCUT2D eigenvalue weighted by Crippen LogP contribution is -2.37. The van der Waals surface area contributed by atoms with Crippen molar-refractivity contribution in [2.75, 3.05) is 32.5 Å². The molecule has 0 radical (unpaired) electrons. The summed E-state index contributed by atoms with van der Waals surface area (Å²) in [4.78, 5) is 21.1. The number of nitrogens with one attached hydrogen (secondary N) is 2. The molecule has 0 aliphatic rings. The third-order valence-electron chi connectivity index (χ3n) is 2.39. The van der Waals surface area contributed by atoms with Gasteiger partial charge in [-0.05, 0) is 5.92 Å². The largest absolute Gasteiger partial charge is 0.368 e. The van der Waals surface area contributed by atoms with E-state index in [4.69, 9.17) is 0 Å². The van der Waals surface area contributed by atoms with E-state index >= 15 is 0 Å². The number of aromatic nitrogens is 2. The lowest BCUT2D eigenvalue weighted by atomic mass is 10.1. The zero-order valence-corrected chi connectivity index (χ0v) is 11.4. The molecule has 18 heavy (non-hydrogen) atoms. The molecule has 6 heteroatoms. The number of amides is 2. The van der Waals surface area contributed by atoms with E-state index < -0.39 is 0 Å². The van der Waals surface area contributed by atoms with E-state index in [9.17, 15) is 4.79 Å². The third-order valence-corrected chi connectivity index (χ3v) is 2.39. The van der Waals surface area contributed by atoms with E-state index in [2.05, 4.69) is 34.4 Å². The first-order valence-corrected chi connectivity index (χ1v) is 6.01. The van der Waals surface area contributed by atoms with Crippen molar-refractivity contribution in [3.8, 4) is 0 Å². The highest BCUT2D eigenvalue weighted by Gasteiger charge is 2.03. The van der Waals surface area contributed by atoms with Crippen LogP contribution in [0.2, 0.25) is 0 Å². The number of urea groups is 1. The summed E-state index contributed by atoms with van der Waals surface area (Å²) >= 11 is 0. The molecule has 0 fully saturated rings. The highest BCUT2D eigenvalue weighted by Crippen LogP contribution is 2.13. The topological polar surface area (TPSA) is 70.2 Å². The van der Waals surface area contributed by atoms with Crippen molar-refractivity contribution in [3.63, 3.8) is 0 Å². The van der Waals surface area contributed by atoms with Gasteiger partial charge in [0.05, 0.1) is 0 Å². The van der Waals surface area contributed by atoms with Crippen molar-refractivity contribution < 1.29 is 4.79 Å². The summed E-state index contributed by atoms with van der Waals surface area (Å²) in [5.74, 6) is 1.16. The molecular weight excluding hydrogens is 230 g/mol. The van der Waals surface area contributed by atoms with E-state index in [0.717, 1.165) is 11.5 Å². The van der Waals surface area contributed by atoms with Gasteiger partial charge in [0.25, 0.3) is 0 Å². The van der Waals surface area contributed by atoms with Crippen LogP contribution < -0.4 is 10.6 Å². The second-order valence-electron chi connectivity index (χ2n) is 4.54. The first-order valence-electron chi connectivity index (χ1n) is 6.01. The Labute approximate surface area is 108 Å². The Morgan fingerprint density at radius 1 is 1.33 bits per heavy atom. The molecule has 1 aromatic heterocycles. The summed E-state index contributed by atoms with van der Waals surface area (Å²) in [5, 5.41) is 5.92. The molecule has 0 spiro atoms. The molecule has 0 aromatic carbocycles. The van der Waals surface area contributed by atoms with Crippen molar-refractivity contribution in [2.45, 2.75) is 19.8 Å². The molecule has 0 atom stereocenters. The summed E-state index contributed by atoms with van der Waals surface area (Å²) in [6.07, 6.45) is 1.55. The van der Waals surface area contributed by atoms with Crippen molar-refractivity contribution >= 4 is 11.8 Å². The number of hydrogen-bond donors (Lipinski definition) is 2. The van der Waals surface area contributed by atoms with Crippen molar-refractivity contribution in [1.29, 1.82) is 0 Å². The molecule has 1 rings (SSSR count). The average molecular weight is 251 g/mol. The first-order chi connectivity index (χ1) is 8.50.